The van der Waals surface area contributed by atoms with Crippen molar-refractivity contribution in [3.05, 3.63) is 35.4 Å². The molecule has 0 aromatic heterocycles. The quantitative estimate of drug-likeness (QED) is 0.791. The number of nitrogens with two attached hydrogens (primary N) is 1. The van der Waals surface area contributed by atoms with Gasteiger partial charge in [0.2, 0.25) is 0 Å². The molecule has 20 heavy (non-hydrogen) atoms. The topological polar surface area (TPSA) is 43.1 Å². The summed E-state index contributed by atoms with van der Waals surface area (Å²) in [4.78, 5) is 12.3. The van der Waals surface area contributed by atoms with Crippen LogP contribution in [0.3, 0.4) is 0 Å². The highest BCUT2D eigenvalue weighted by Gasteiger charge is 2.17. The van der Waals surface area contributed by atoms with Crippen LogP contribution in [0.5, 0.6) is 0 Å². The normalized spacial score (nSPS) is 13.6. The molecule has 1 rings (SSSR count). The maximum atomic E-state index is 12.3. The molecular weight excluding hydrogens is 246 g/mol. The zero-order valence-electron chi connectivity index (χ0n) is 13.6. The van der Waals surface area contributed by atoms with Crippen molar-refractivity contribution in [1.29, 1.82) is 0 Å². The fourth-order valence-corrected chi connectivity index (χ4v) is 2.47. The lowest BCUT2D eigenvalue weighted by molar-refractivity contribution is 0.0957. The summed E-state index contributed by atoms with van der Waals surface area (Å²) in [6, 6.07) is 8.03. The monoisotopic (exact) mass is 275 g/mol. The van der Waals surface area contributed by atoms with Crippen LogP contribution >= 0.6 is 0 Å². The van der Waals surface area contributed by atoms with Crippen molar-refractivity contribution in [2.75, 3.05) is 6.54 Å². The van der Waals surface area contributed by atoms with Crippen LogP contribution in [0.15, 0.2) is 24.3 Å². The lowest BCUT2D eigenvalue weighted by Gasteiger charge is -2.19. The number of carbonyl (C=O) groups excluding carboxylic acids is 1. The third kappa shape index (κ3) is 5.09. The van der Waals surface area contributed by atoms with Crippen molar-refractivity contribution in [2.24, 2.45) is 17.6 Å². The molecule has 0 bridgehead atoms. The third-order valence-electron chi connectivity index (χ3n) is 3.69. The molecule has 2 heteroatoms. The Labute approximate surface area is 123 Å². The van der Waals surface area contributed by atoms with Crippen LogP contribution in [0, 0.1) is 11.8 Å². The molecule has 0 saturated carbocycles. The van der Waals surface area contributed by atoms with E-state index in [1.54, 1.807) is 0 Å². The standard InChI is InChI=1S/C18H29NO/c1-13(2)10-14(12-19)11-17(20)15-6-8-16(9-7-15)18(3,4)5/h6-9,13-14H,10-12,19H2,1-5H3. The smallest absolute Gasteiger partial charge is 0.163 e. The van der Waals surface area contributed by atoms with E-state index in [-0.39, 0.29) is 11.2 Å². The molecule has 0 amide bonds. The van der Waals surface area contributed by atoms with Gasteiger partial charge in [0.15, 0.2) is 5.78 Å². The van der Waals surface area contributed by atoms with Gasteiger partial charge < -0.3 is 5.73 Å². The van der Waals surface area contributed by atoms with Crippen molar-refractivity contribution in [3.63, 3.8) is 0 Å². The Bertz CT molecular complexity index is 426. The molecule has 0 aliphatic rings. The van der Waals surface area contributed by atoms with Gasteiger partial charge >= 0.3 is 0 Å². The molecule has 2 nitrogen and oxygen atoms in total. The van der Waals surface area contributed by atoms with Crippen molar-refractivity contribution in [1.82, 2.24) is 0 Å². The van der Waals surface area contributed by atoms with Crippen LogP contribution in [0.1, 0.15) is 63.4 Å². The van der Waals surface area contributed by atoms with E-state index >= 15 is 0 Å². The second-order valence-electron chi connectivity index (χ2n) is 7.19. The average Bonchev–Trinajstić information content (AvgIpc) is 2.36. The maximum absolute atomic E-state index is 12.3. The lowest BCUT2D eigenvalue weighted by Crippen LogP contribution is -2.20. The lowest BCUT2D eigenvalue weighted by atomic mass is 9.85. The Balaban J connectivity index is 2.72. The first-order chi connectivity index (χ1) is 9.24. The Kier molecular flexibility index (Phi) is 5.94. The van der Waals surface area contributed by atoms with E-state index in [0.29, 0.717) is 24.8 Å². The summed E-state index contributed by atoms with van der Waals surface area (Å²) >= 11 is 0. The van der Waals surface area contributed by atoms with Gasteiger partial charge in [0.25, 0.3) is 0 Å². The molecule has 1 unspecified atom stereocenters. The average molecular weight is 275 g/mol. The van der Waals surface area contributed by atoms with E-state index in [1.807, 2.05) is 12.1 Å². The van der Waals surface area contributed by atoms with Crippen LogP contribution in [0.25, 0.3) is 0 Å². The Morgan fingerprint density at radius 3 is 2.10 bits per heavy atom. The molecule has 1 atom stereocenters. The van der Waals surface area contributed by atoms with Crippen LogP contribution in [0.4, 0.5) is 0 Å². The van der Waals surface area contributed by atoms with Crippen molar-refractivity contribution in [3.8, 4) is 0 Å². The van der Waals surface area contributed by atoms with E-state index < -0.39 is 0 Å². The van der Waals surface area contributed by atoms with Gasteiger partial charge in [-0.25, -0.2) is 0 Å². The fourth-order valence-electron chi connectivity index (χ4n) is 2.47. The van der Waals surface area contributed by atoms with Gasteiger partial charge in [-0.15, -0.1) is 0 Å². The van der Waals surface area contributed by atoms with E-state index in [1.165, 1.54) is 5.56 Å². The predicted octanol–water partition coefficient (Wildman–Crippen LogP) is 4.18. The second-order valence-corrected chi connectivity index (χ2v) is 7.19. The van der Waals surface area contributed by atoms with Gasteiger partial charge in [0.1, 0.15) is 0 Å². The maximum Gasteiger partial charge on any atom is 0.163 e. The van der Waals surface area contributed by atoms with Gasteiger partial charge in [0, 0.05) is 12.0 Å². The van der Waals surface area contributed by atoms with E-state index in [2.05, 4.69) is 46.8 Å². The number of hydrogen-bond donors (Lipinski definition) is 1. The minimum atomic E-state index is 0.124. The molecule has 2 N–H and O–H groups in total. The molecule has 1 aromatic rings. The molecule has 0 saturated heterocycles. The highest BCUT2D eigenvalue weighted by molar-refractivity contribution is 5.96. The molecule has 0 spiro atoms. The molecule has 0 heterocycles. The molecule has 0 aliphatic heterocycles. The zero-order valence-corrected chi connectivity index (χ0v) is 13.6. The summed E-state index contributed by atoms with van der Waals surface area (Å²) in [5.74, 6) is 1.09. The van der Waals surface area contributed by atoms with Crippen molar-refractivity contribution in [2.45, 2.75) is 52.9 Å². The number of hydrogen-bond acceptors (Lipinski definition) is 2. The SMILES string of the molecule is CC(C)CC(CN)CC(=O)c1ccc(C(C)(C)C)cc1. The molecule has 112 valence electrons. The first kappa shape index (κ1) is 16.9. The highest BCUT2D eigenvalue weighted by Crippen LogP contribution is 2.23. The summed E-state index contributed by atoms with van der Waals surface area (Å²) in [5, 5.41) is 0. The molecule has 0 radical (unpaired) electrons. The largest absolute Gasteiger partial charge is 0.330 e. The van der Waals surface area contributed by atoms with Crippen LogP contribution in [-0.4, -0.2) is 12.3 Å². The predicted molar refractivity (Wildman–Crippen MR) is 86.1 cm³/mol. The van der Waals surface area contributed by atoms with Gasteiger partial charge in [0.05, 0.1) is 0 Å². The highest BCUT2D eigenvalue weighted by atomic mass is 16.1. The van der Waals surface area contributed by atoms with Crippen LogP contribution in [0.2, 0.25) is 0 Å². The fraction of sp³-hybridized carbons (Fsp3) is 0.611. The zero-order chi connectivity index (χ0) is 15.3. The Hall–Kier alpha value is -1.15. The van der Waals surface area contributed by atoms with E-state index in [0.717, 1.165) is 12.0 Å². The van der Waals surface area contributed by atoms with Gasteiger partial charge in [-0.2, -0.15) is 0 Å². The molecule has 1 aromatic carbocycles. The first-order valence-corrected chi connectivity index (χ1v) is 7.57. The van der Waals surface area contributed by atoms with E-state index in [9.17, 15) is 4.79 Å². The minimum Gasteiger partial charge on any atom is -0.330 e. The number of Topliss-reactive ketones (excluding diaryl/α,β-unsaturated/α-hetero) is 1. The summed E-state index contributed by atoms with van der Waals surface area (Å²) in [7, 11) is 0. The summed E-state index contributed by atoms with van der Waals surface area (Å²) in [6.07, 6.45) is 1.58. The van der Waals surface area contributed by atoms with Gasteiger partial charge in [-0.3, -0.25) is 4.79 Å². The number of benzene rings is 1. The van der Waals surface area contributed by atoms with E-state index in [4.69, 9.17) is 5.73 Å². The van der Waals surface area contributed by atoms with Crippen LogP contribution in [-0.2, 0) is 5.41 Å². The number of carbonyl (C=O) groups is 1. The summed E-state index contributed by atoms with van der Waals surface area (Å²) in [5.41, 5.74) is 7.96. The number of rotatable bonds is 6. The van der Waals surface area contributed by atoms with Crippen molar-refractivity contribution < 1.29 is 4.79 Å². The Morgan fingerprint density at radius 2 is 1.70 bits per heavy atom. The molecule has 0 fully saturated rings. The van der Waals surface area contributed by atoms with Crippen molar-refractivity contribution >= 4 is 5.78 Å². The number of ketones is 1. The Morgan fingerprint density at radius 1 is 1.15 bits per heavy atom. The molecular formula is C18H29NO. The van der Waals surface area contributed by atoms with Crippen LogP contribution < -0.4 is 5.73 Å². The second kappa shape index (κ2) is 7.03. The summed E-state index contributed by atoms with van der Waals surface area (Å²) < 4.78 is 0. The molecule has 0 aliphatic carbocycles. The van der Waals surface area contributed by atoms with Gasteiger partial charge in [-0.05, 0) is 35.8 Å². The third-order valence-corrected chi connectivity index (χ3v) is 3.69. The first-order valence-electron chi connectivity index (χ1n) is 7.57. The summed E-state index contributed by atoms with van der Waals surface area (Å²) in [6.45, 7) is 11.5. The minimum absolute atomic E-state index is 0.124. The van der Waals surface area contributed by atoms with Gasteiger partial charge in [-0.1, -0.05) is 58.9 Å².